The summed E-state index contributed by atoms with van der Waals surface area (Å²) in [6, 6.07) is 17.7. The van der Waals surface area contributed by atoms with Crippen molar-refractivity contribution in [2.75, 3.05) is 11.1 Å². The van der Waals surface area contributed by atoms with Crippen molar-refractivity contribution < 1.29 is 4.79 Å². The van der Waals surface area contributed by atoms with Crippen LogP contribution in [0.5, 0.6) is 0 Å². The molecule has 0 saturated heterocycles. The lowest BCUT2D eigenvalue weighted by atomic mass is 10.1. The number of hydrogen-bond acceptors (Lipinski definition) is 5. The van der Waals surface area contributed by atoms with Crippen LogP contribution in [-0.2, 0) is 4.79 Å². The van der Waals surface area contributed by atoms with E-state index in [0.29, 0.717) is 10.8 Å². The fraction of sp³-hybridized carbons (Fsp3) is 0.143. The van der Waals surface area contributed by atoms with Gasteiger partial charge >= 0.3 is 0 Å². The van der Waals surface area contributed by atoms with Gasteiger partial charge in [-0.3, -0.25) is 4.79 Å². The van der Waals surface area contributed by atoms with Gasteiger partial charge in [0.1, 0.15) is 0 Å². The smallest absolute Gasteiger partial charge is 0.234 e. The Hall–Kier alpha value is -2.71. The van der Waals surface area contributed by atoms with Crippen molar-refractivity contribution in [3.8, 4) is 11.3 Å². The molecule has 8 heteroatoms. The largest absolute Gasteiger partial charge is 0.325 e. The number of carbonyl (C=O) groups excluding carboxylic acids is 1. The molecule has 2 heterocycles. The molecule has 0 aliphatic carbocycles. The van der Waals surface area contributed by atoms with E-state index < -0.39 is 0 Å². The molecular weight excluding hydrogens is 450 g/mol. The van der Waals surface area contributed by atoms with Crippen molar-refractivity contribution >= 4 is 44.9 Å². The molecule has 1 amide bonds. The van der Waals surface area contributed by atoms with Gasteiger partial charge in [-0.05, 0) is 49.7 Å². The highest BCUT2D eigenvalue weighted by molar-refractivity contribution is 9.10. The molecule has 0 aliphatic heterocycles. The van der Waals surface area contributed by atoms with Gasteiger partial charge < -0.3 is 5.32 Å². The van der Waals surface area contributed by atoms with Crippen LogP contribution in [0.3, 0.4) is 0 Å². The number of fused-ring (bicyclic) bond motifs is 1. The molecular formula is C21H18BrN5OS. The Morgan fingerprint density at radius 3 is 2.62 bits per heavy atom. The van der Waals surface area contributed by atoms with Crippen LogP contribution in [0.4, 0.5) is 5.69 Å². The third kappa shape index (κ3) is 4.49. The molecule has 2 aromatic heterocycles. The van der Waals surface area contributed by atoms with E-state index in [1.54, 1.807) is 4.52 Å². The minimum Gasteiger partial charge on any atom is -0.325 e. The monoisotopic (exact) mass is 467 g/mol. The van der Waals surface area contributed by atoms with Crippen molar-refractivity contribution in [2.24, 2.45) is 0 Å². The van der Waals surface area contributed by atoms with Crippen LogP contribution < -0.4 is 5.32 Å². The average molecular weight is 468 g/mol. The molecule has 4 rings (SSSR count). The van der Waals surface area contributed by atoms with Crippen LogP contribution in [0.2, 0.25) is 0 Å². The minimum absolute atomic E-state index is 0.0947. The van der Waals surface area contributed by atoms with Crippen molar-refractivity contribution in [2.45, 2.75) is 19.0 Å². The number of carbonyl (C=O) groups is 1. The number of nitrogens with zero attached hydrogens (tertiary/aromatic N) is 4. The molecule has 0 fully saturated rings. The second-order valence-corrected chi connectivity index (χ2v) is 8.49. The highest BCUT2D eigenvalue weighted by Gasteiger charge is 2.12. The predicted molar refractivity (Wildman–Crippen MR) is 119 cm³/mol. The number of aromatic nitrogens is 4. The Morgan fingerprint density at radius 2 is 1.86 bits per heavy atom. The van der Waals surface area contributed by atoms with Crippen LogP contribution in [0.15, 0.2) is 64.2 Å². The summed E-state index contributed by atoms with van der Waals surface area (Å²) in [6.45, 7) is 4.01. The lowest BCUT2D eigenvalue weighted by Crippen LogP contribution is -2.15. The number of halogens is 1. The molecule has 0 saturated carbocycles. The first-order valence-electron chi connectivity index (χ1n) is 8.98. The van der Waals surface area contributed by atoms with Gasteiger partial charge in [-0.2, -0.15) is 9.61 Å². The van der Waals surface area contributed by atoms with E-state index in [4.69, 9.17) is 0 Å². The maximum absolute atomic E-state index is 12.4. The predicted octanol–water partition coefficient (Wildman–Crippen LogP) is 4.90. The topological polar surface area (TPSA) is 72.2 Å². The van der Waals surface area contributed by atoms with E-state index in [0.717, 1.165) is 32.5 Å². The first-order valence-corrected chi connectivity index (χ1v) is 10.8. The van der Waals surface area contributed by atoms with Crippen LogP contribution in [0.25, 0.3) is 16.9 Å². The summed E-state index contributed by atoms with van der Waals surface area (Å²) >= 11 is 4.75. The standard InChI is InChI=1S/C21H18BrN5OS/c1-13-3-8-17(14(2)11-13)23-20(28)12-29-21-25-24-19-10-9-18(26-27(19)21)15-4-6-16(22)7-5-15/h3-11H,12H2,1-2H3,(H,23,28). The van der Waals surface area contributed by atoms with Crippen LogP contribution in [-0.4, -0.2) is 31.5 Å². The zero-order chi connectivity index (χ0) is 20.4. The maximum atomic E-state index is 12.4. The van der Waals surface area contributed by atoms with Gasteiger partial charge in [0, 0.05) is 15.7 Å². The first kappa shape index (κ1) is 19.6. The molecule has 0 spiro atoms. The Kier molecular flexibility index (Phi) is 5.64. The second kappa shape index (κ2) is 8.34. The van der Waals surface area contributed by atoms with Gasteiger partial charge in [0.15, 0.2) is 5.65 Å². The number of amides is 1. The number of benzene rings is 2. The fourth-order valence-corrected chi connectivity index (χ4v) is 3.86. The van der Waals surface area contributed by atoms with Crippen LogP contribution >= 0.6 is 27.7 Å². The number of thioether (sulfide) groups is 1. The lowest BCUT2D eigenvalue weighted by Gasteiger charge is -2.08. The molecule has 2 aromatic carbocycles. The summed E-state index contributed by atoms with van der Waals surface area (Å²) in [4.78, 5) is 12.4. The number of hydrogen-bond donors (Lipinski definition) is 1. The molecule has 0 atom stereocenters. The molecule has 4 aromatic rings. The zero-order valence-electron chi connectivity index (χ0n) is 15.9. The molecule has 1 N–H and O–H groups in total. The van der Waals surface area contributed by atoms with Crippen molar-refractivity contribution in [3.05, 3.63) is 70.2 Å². The van der Waals surface area contributed by atoms with Gasteiger partial charge in [-0.1, -0.05) is 57.5 Å². The highest BCUT2D eigenvalue weighted by atomic mass is 79.9. The zero-order valence-corrected chi connectivity index (χ0v) is 18.3. The van der Waals surface area contributed by atoms with Gasteiger partial charge in [0.2, 0.25) is 11.1 Å². The Balaban J connectivity index is 1.49. The number of aryl methyl sites for hydroxylation is 2. The van der Waals surface area contributed by atoms with E-state index >= 15 is 0 Å². The van der Waals surface area contributed by atoms with E-state index in [1.807, 2.05) is 68.4 Å². The first-order chi connectivity index (χ1) is 14.0. The van der Waals surface area contributed by atoms with Gasteiger partial charge in [0.25, 0.3) is 0 Å². The second-order valence-electron chi connectivity index (χ2n) is 6.63. The average Bonchev–Trinajstić information content (AvgIpc) is 3.11. The lowest BCUT2D eigenvalue weighted by molar-refractivity contribution is -0.113. The van der Waals surface area contributed by atoms with Gasteiger partial charge in [-0.15, -0.1) is 10.2 Å². The molecule has 29 heavy (non-hydrogen) atoms. The minimum atomic E-state index is -0.0947. The van der Waals surface area contributed by atoms with Gasteiger partial charge in [0.05, 0.1) is 11.4 Å². The molecule has 146 valence electrons. The summed E-state index contributed by atoms with van der Waals surface area (Å²) in [5.74, 6) is 0.126. The quantitative estimate of drug-likeness (QED) is 0.422. The Bertz CT molecular complexity index is 1190. The normalized spacial score (nSPS) is 11.0. The summed E-state index contributed by atoms with van der Waals surface area (Å²) in [7, 11) is 0. The van der Waals surface area contributed by atoms with E-state index in [1.165, 1.54) is 11.8 Å². The Labute approximate surface area is 180 Å². The highest BCUT2D eigenvalue weighted by Crippen LogP contribution is 2.23. The van der Waals surface area contributed by atoms with Crippen LogP contribution in [0.1, 0.15) is 11.1 Å². The number of anilines is 1. The summed E-state index contributed by atoms with van der Waals surface area (Å²) in [5, 5.41) is 16.5. The van der Waals surface area contributed by atoms with Crippen molar-refractivity contribution in [3.63, 3.8) is 0 Å². The van der Waals surface area contributed by atoms with Gasteiger partial charge in [-0.25, -0.2) is 0 Å². The van der Waals surface area contributed by atoms with E-state index in [-0.39, 0.29) is 11.7 Å². The molecule has 0 radical (unpaired) electrons. The molecule has 0 bridgehead atoms. The third-order valence-corrected chi connectivity index (χ3v) is 5.81. The van der Waals surface area contributed by atoms with Crippen molar-refractivity contribution in [1.29, 1.82) is 0 Å². The fourth-order valence-electron chi connectivity index (χ4n) is 2.90. The molecule has 6 nitrogen and oxygen atoms in total. The summed E-state index contributed by atoms with van der Waals surface area (Å²) < 4.78 is 2.68. The van der Waals surface area contributed by atoms with E-state index in [9.17, 15) is 4.79 Å². The van der Waals surface area contributed by atoms with Crippen LogP contribution in [0, 0.1) is 13.8 Å². The Morgan fingerprint density at radius 1 is 1.07 bits per heavy atom. The maximum Gasteiger partial charge on any atom is 0.234 e. The molecule has 0 unspecified atom stereocenters. The van der Waals surface area contributed by atoms with Crippen molar-refractivity contribution in [1.82, 2.24) is 19.8 Å². The third-order valence-electron chi connectivity index (χ3n) is 4.36. The summed E-state index contributed by atoms with van der Waals surface area (Å²) in [5.41, 5.74) is 5.47. The SMILES string of the molecule is Cc1ccc(NC(=O)CSc2nnc3ccc(-c4ccc(Br)cc4)nn23)c(C)c1. The van der Waals surface area contributed by atoms with E-state index in [2.05, 4.69) is 36.5 Å². The number of nitrogens with one attached hydrogen (secondary N) is 1. The molecule has 0 aliphatic rings. The number of rotatable bonds is 5. The summed E-state index contributed by atoms with van der Waals surface area (Å²) in [6.07, 6.45) is 0.